The molecule has 5 nitrogen and oxygen atoms in total. The lowest BCUT2D eigenvalue weighted by molar-refractivity contribution is 0.107. The van der Waals surface area contributed by atoms with E-state index in [1.807, 2.05) is 37.3 Å². The molecule has 0 amide bonds. The number of aromatic nitrogens is 1. The third kappa shape index (κ3) is 4.63. The molecule has 0 bridgehead atoms. The van der Waals surface area contributed by atoms with Gasteiger partial charge < -0.3 is 20.2 Å². The molecule has 0 aliphatic heterocycles. The fraction of sp³-hybridized carbons (Fsp3) is 0.353. The zero-order chi connectivity index (χ0) is 15.8. The monoisotopic (exact) mass is 302 g/mol. The Hall–Kier alpha value is -2.27. The number of pyridine rings is 1. The van der Waals surface area contributed by atoms with Crippen LogP contribution in [0.15, 0.2) is 41.2 Å². The van der Waals surface area contributed by atoms with E-state index in [2.05, 4.69) is 4.98 Å². The molecular weight excluding hydrogens is 280 g/mol. The van der Waals surface area contributed by atoms with Gasteiger partial charge in [-0.15, -0.1) is 0 Å². The Balaban J connectivity index is 1.72. The lowest BCUT2D eigenvalue weighted by atomic mass is 10.2. The van der Waals surface area contributed by atoms with E-state index in [0.717, 1.165) is 24.0 Å². The molecule has 118 valence electrons. The van der Waals surface area contributed by atoms with Crippen molar-refractivity contribution in [3.63, 3.8) is 0 Å². The van der Waals surface area contributed by atoms with Gasteiger partial charge in [0.2, 0.25) is 0 Å². The van der Waals surface area contributed by atoms with E-state index in [1.54, 1.807) is 6.07 Å². The van der Waals surface area contributed by atoms with E-state index in [-0.39, 0.29) is 5.56 Å². The molecule has 0 saturated heterocycles. The standard InChI is InChI=1S/C17H22N2O3/c1-2-14-11-15(17(20)19-16(14)18)22-10-6-9-21-12-13-7-4-3-5-8-13/h3-5,7-8,11H,2,6,9-10,12H2,1H3,(H3,18,19,20). The quantitative estimate of drug-likeness (QED) is 0.735. The highest BCUT2D eigenvalue weighted by Gasteiger charge is 2.06. The van der Waals surface area contributed by atoms with Crippen LogP contribution in [-0.2, 0) is 17.8 Å². The number of hydrogen-bond acceptors (Lipinski definition) is 4. The number of hydrogen-bond donors (Lipinski definition) is 2. The molecular formula is C17H22N2O3. The fourth-order valence-electron chi connectivity index (χ4n) is 2.07. The van der Waals surface area contributed by atoms with Gasteiger partial charge >= 0.3 is 0 Å². The fourth-order valence-corrected chi connectivity index (χ4v) is 2.07. The predicted molar refractivity (Wildman–Crippen MR) is 87.1 cm³/mol. The first-order valence-electron chi connectivity index (χ1n) is 7.47. The van der Waals surface area contributed by atoms with Crippen LogP contribution >= 0.6 is 0 Å². The number of anilines is 1. The average molecular weight is 302 g/mol. The second kappa shape index (κ2) is 8.24. The zero-order valence-corrected chi connectivity index (χ0v) is 12.8. The molecule has 0 unspecified atom stereocenters. The van der Waals surface area contributed by atoms with Crippen LogP contribution < -0.4 is 16.0 Å². The van der Waals surface area contributed by atoms with Gasteiger partial charge in [-0.3, -0.25) is 4.79 Å². The molecule has 0 fully saturated rings. The van der Waals surface area contributed by atoms with Crippen LogP contribution in [0.5, 0.6) is 5.75 Å². The molecule has 3 N–H and O–H groups in total. The summed E-state index contributed by atoms with van der Waals surface area (Å²) in [6.07, 6.45) is 1.47. The summed E-state index contributed by atoms with van der Waals surface area (Å²) >= 11 is 0. The summed E-state index contributed by atoms with van der Waals surface area (Å²) in [6.45, 7) is 3.59. The van der Waals surface area contributed by atoms with Crippen molar-refractivity contribution < 1.29 is 9.47 Å². The van der Waals surface area contributed by atoms with Crippen LogP contribution in [0.25, 0.3) is 0 Å². The van der Waals surface area contributed by atoms with Crippen LogP contribution in [0.2, 0.25) is 0 Å². The van der Waals surface area contributed by atoms with Crippen molar-refractivity contribution in [2.45, 2.75) is 26.4 Å². The molecule has 2 rings (SSSR count). The molecule has 0 aliphatic carbocycles. The van der Waals surface area contributed by atoms with Crippen molar-refractivity contribution in [1.82, 2.24) is 4.98 Å². The Labute approximate surface area is 130 Å². The topological polar surface area (TPSA) is 77.3 Å². The van der Waals surface area contributed by atoms with E-state index >= 15 is 0 Å². The zero-order valence-electron chi connectivity index (χ0n) is 12.8. The minimum absolute atomic E-state index is 0.292. The summed E-state index contributed by atoms with van der Waals surface area (Å²) in [5, 5.41) is 0. The molecule has 5 heteroatoms. The maximum absolute atomic E-state index is 11.7. The molecule has 0 aliphatic rings. The Morgan fingerprint density at radius 3 is 2.68 bits per heavy atom. The van der Waals surface area contributed by atoms with Crippen LogP contribution in [-0.4, -0.2) is 18.2 Å². The third-order valence-corrected chi connectivity index (χ3v) is 3.31. The van der Waals surface area contributed by atoms with Crippen LogP contribution in [0.1, 0.15) is 24.5 Å². The van der Waals surface area contributed by atoms with Gasteiger partial charge in [-0.05, 0) is 23.6 Å². The van der Waals surface area contributed by atoms with Crippen molar-refractivity contribution in [2.24, 2.45) is 0 Å². The van der Waals surface area contributed by atoms with Crippen molar-refractivity contribution in [3.8, 4) is 5.75 Å². The van der Waals surface area contributed by atoms with Gasteiger partial charge in [-0.25, -0.2) is 0 Å². The highest BCUT2D eigenvalue weighted by molar-refractivity contribution is 5.42. The second-order valence-corrected chi connectivity index (χ2v) is 5.00. The summed E-state index contributed by atoms with van der Waals surface area (Å²) in [7, 11) is 0. The Kier molecular flexibility index (Phi) is 6.03. The smallest absolute Gasteiger partial charge is 0.291 e. The van der Waals surface area contributed by atoms with Gasteiger partial charge in [0.15, 0.2) is 5.75 Å². The number of benzene rings is 1. The normalized spacial score (nSPS) is 10.6. The maximum Gasteiger partial charge on any atom is 0.291 e. The maximum atomic E-state index is 11.7. The first kappa shape index (κ1) is 16.1. The Bertz CT molecular complexity index is 638. The Morgan fingerprint density at radius 1 is 1.18 bits per heavy atom. The van der Waals surface area contributed by atoms with E-state index < -0.39 is 0 Å². The van der Waals surface area contributed by atoms with Crippen molar-refractivity contribution in [3.05, 3.63) is 57.9 Å². The van der Waals surface area contributed by atoms with Crippen molar-refractivity contribution in [2.75, 3.05) is 18.9 Å². The summed E-state index contributed by atoms with van der Waals surface area (Å²) in [5.74, 6) is 0.722. The molecule has 1 aromatic heterocycles. The molecule has 22 heavy (non-hydrogen) atoms. The number of rotatable bonds is 8. The third-order valence-electron chi connectivity index (χ3n) is 3.31. The second-order valence-electron chi connectivity index (χ2n) is 5.00. The number of aromatic amines is 1. The lowest BCUT2D eigenvalue weighted by Crippen LogP contribution is -2.16. The van der Waals surface area contributed by atoms with Gasteiger partial charge in [0.25, 0.3) is 5.56 Å². The summed E-state index contributed by atoms with van der Waals surface area (Å²) in [6, 6.07) is 11.7. The number of ether oxygens (including phenoxy) is 2. The van der Waals surface area contributed by atoms with Crippen LogP contribution in [0.4, 0.5) is 5.82 Å². The summed E-state index contributed by atoms with van der Waals surface area (Å²) in [5.41, 5.74) is 7.46. The van der Waals surface area contributed by atoms with E-state index in [1.165, 1.54) is 0 Å². The van der Waals surface area contributed by atoms with E-state index in [9.17, 15) is 4.79 Å². The van der Waals surface area contributed by atoms with Crippen LogP contribution in [0.3, 0.4) is 0 Å². The highest BCUT2D eigenvalue weighted by Crippen LogP contribution is 2.13. The summed E-state index contributed by atoms with van der Waals surface area (Å²) < 4.78 is 11.1. The van der Waals surface area contributed by atoms with Crippen molar-refractivity contribution >= 4 is 5.82 Å². The molecule has 0 radical (unpaired) electrons. The van der Waals surface area contributed by atoms with Gasteiger partial charge in [0, 0.05) is 6.42 Å². The number of nitrogens with two attached hydrogens (primary N) is 1. The number of nitrogen functional groups attached to an aromatic ring is 1. The van der Waals surface area contributed by atoms with Gasteiger partial charge in [0.1, 0.15) is 5.82 Å². The Morgan fingerprint density at radius 2 is 1.95 bits per heavy atom. The van der Waals surface area contributed by atoms with E-state index in [4.69, 9.17) is 15.2 Å². The van der Waals surface area contributed by atoms with Gasteiger partial charge in [-0.1, -0.05) is 37.3 Å². The lowest BCUT2D eigenvalue weighted by Gasteiger charge is -2.09. The summed E-state index contributed by atoms with van der Waals surface area (Å²) in [4.78, 5) is 14.3. The molecule has 0 saturated carbocycles. The minimum atomic E-state index is -0.292. The number of nitrogens with one attached hydrogen (secondary N) is 1. The molecule has 2 aromatic rings. The largest absolute Gasteiger partial charge is 0.488 e. The molecule has 0 spiro atoms. The van der Waals surface area contributed by atoms with Crippen molar-refractivity contribution in [1.29, 1.82) is 0 Å². The average Bonchev–Trinajstić information content (AvgIpc) is 2.53. The highest BCUT2D eigenvalue weighted by atomic mass is 16.5. The van der Waals surface area contributed by atoms with Gasteiger partial charge in [0.05, 0.1) is 19.8 Å². The SMILES string of the molecule is CCc1cc(OCCCOCc2ccccc2)c(=O)[nH]c1N. The van der Waals surface area contributed by atoms with E-state index in [0.29, 0.717) is 31.4 Å². The molecule has 0 atom stereocenters. The van der Waals surface area contributed by atoms with Gasteiger partial charge in [-0.2, -0.15) is 0 Å². The first-order valence-corrected chi connectivity index (χ1v) is 7.47. The minimum Gasteiger partial charge on any atom is -0.488 e. The predicted octanol–water partition coefficient (Wildman–Crippen LogP) is 2.51. The van der Waals surface area contributed by atoms with Crippen LogP contribution in [0, 0.1) is 0 Å². The first-order chi connectivity index (χ1) is 10.7. The number of aryl methyl sites for hydroxylation is 1. The number of H-pyrrole nitrogens is 1. The molecule has 1 aromatic carbocycles. The molecule has 1 heterocycles.